The predicted octanol–water partition coefficient (Wildman–Crippen LogP) is 4.60. The van der Waals surface area contributed by atoms with Crippen molar-refractivity contribution in [3.8, 4) is 11.3 Å². The van der Waals surface area contributed by atoms with Gasteiger partial charge in [-0.15, -0.1) is 35.0 Å². The molecule has 1 saturated heterocycles. The Hall–Kier alpha value is -2.55. The van der Waals surface area contributed by atoms with Gasteiger partial charge in [0.05, 0.1) is 16.6 Å². The fourth-order valence-electron chi connectivity index (χ4n) is 4.79. The number of nitrogens with two attached hydrogens (primary N) is 2. The van der Waals surface area contributed by atoms with E-state index in [-0.39, 0.29) is 35.8 Å². The number of benzene rings is 1. The third-order valence-electron chi connectivity index (χ3n) is 6.83. The summed E-state index contributed by atoms with van der Waals surface area (Å²) in [6, 6.07) is 12.1. The van der Waals surface area contributed by atoms with Gasteiger partial charge < -0.3 is 21.4 Å². The van der Waals surface area contributed by atoms with Gasteiger partial charge in [-0.25, -0.2) is 17.7 Å². The SMILES string of the molecule is CC(C)S(=O)(=O)N1CCC(n2cc(-c3cccc(C(N)=S)n3)c3ccc(CNc4nnc(N)s4)cc32)CC1.Cl.Cl. The molecule has 5 rings (SSSR count). The Bertz CT molecular complexity index is 1600. The van der Waals surface area contributed by atoms with Gasteiger partial charge in [0, 0.05) is 48.3 Å². The summed E-state index contributed by atoms with van der Waals surface area (Å²) in [6.07, 6.45) is 3.57. The number of halogens is 2. The monoisotopic (exact) mass is 642 g/mol. The molecule has 216 valence electrons. The highest BCUT2D eigenvalue weighted by Crippen LogP contribution is 2.36. The van der Waals surface area contributed by atoms with Crippen LogP contribution in [0, 0.1) is 0 Å². The third-order valence-corrected chi connectivity index (χ3v) is 10.0. The molecule has 3 aromatic heterocycles. The lowest BCUT2D eigenvalue weighted by atomic mass is 10.1. The Balaban J connectivity index is 0.00000220. The van der Waals surface area contributed by atoms with Crippen LogP contribution >= 0.6 is 48.4 Å². The standard InChI is InChI=1S/C25H30N8O2S3.2ClH/c1-15(2)38(34,35)32-10-8-17(9-11-32)33-14-19(20-4-3-5-21(29-20)23(26)36)18-7-6-16(12-22(18)33)13-28-25-31-30-24(27)37-25;;/h3-7,12,14-15,17H,8-11,13H2,1-2H3,(H2,26,36)(H2,27,30)(H,28,31);2*1H. The highest BCUT2D eigenvalue weighted by molar-refractivity contribution is 7.89. The largest absolute Gasteiger partial charge is 0.388 e. The molecule has 4 heterocycles. The van der Waals surface area contributed by atoms with Crippen molar-refractivity contribution in [2.45, 2.75) is 44.5 Å². The van der Waals surface area contributed by atoms with Crippen molar-refractivity contribution in [3.63, 3.8) is 0 Å². The first-order valence-electron chi connectivity index (χ1n) is 12.4. The molecule has 4 aromatic rings. The van der Waals surface area contributed by atoms with Crippen molar-refractivity contribution in [2.75, 3.05) is 24.1 Å². The second-order valence-corrected chi connectivity index (χ2v) is 13.5. The van der Waals surface area contributed by atoms with Crippen molar-refractivity contribution in [3.05, 3.63) is 53.9 Å². The molecule has 0 saturated carbocycles. The van der Waals surface area contributed by atoms with E-state index in [0.717, 1.165) is 40.6 Å². The number of nitrogens with zero attached hydrogens (tertiary/aromatic N) is 5. The van der Waals surface area contributed by atoms with Crippen LogP contribution in [0.5, 0.6) is 0 Å². The van der Waals surface area contributed by atoms with E-state index in [1.165, 1.54) is 11.3 Å². The molecule has 15 heteroatoms. The number of aromatic nitrogens is 4. The minimum Gasteiger partial charge on any atom is -0.388 e. The number of nitrogens with one attached hydrogen (secondary N) is 1. The van der Waals surface area contributed by atoms with Gasteiger partial charge in [0.15, 0.2) is 0 Å². The van der Waals surface area contributed by atoms with Gasteiger partial charge in [-0.2, -0.15) is 0 Å². The molecule has 10 nitrogen and oxygen atoms in total. The van der Waals surface area contributed by atoms with E-state index < -0.39 is 15.3 Å². The topological polar surface area (TPSA) is 145 Å². The second-order valence-electron chi connectivity index (χ2n) is 9.60. The molecule has 0 atom stereocenters. The van der Waals surface area contributed by atoms with Gasteiger partial charge in [-0.3, -0.25) is 0 Å². The van der Waals surface area contributed by atoms with E-state index >= 15 is 0 Å². The number of piperidine rings is 1. The molecule has 0 amide bonds. The summed E-state index contributed by atoms with van der Waals surface area (Å²) in [4.78, 5) is 4.96. The van der Waals surface area contributed by atoms with Crippen LogP contribution in [0.25, 0.3) is 22.2 Å². The predicted molar refractivity (Wildman–Crippen MR) is 171 cm³/mol. The zero-order chi connectivity index (χ0) is 27.0. The molecule has 0 radical (unpaired) electrons. The second kappa shape index (κ2) is 13.0. The Morgan fingerprint density at radius 1 is 1.18 bits per heavy atom. The van der Waals surface area contributed by atoms with Gasteiger partial charge >= 0.3 is 0 Å². The fourth-order valence-corrected chi connectivity index (χ4v) is 6.73. The van der Waals surface area contributed by atoms with Crippen molar-refractivity contribution in [1.82, 2.24) is 24.1 Å². The summed E-state index contributed by atoms with van der Waals surface area (Å²) in [5.41, 5.74) is 16.0. The summed E-state index contributed by atoms with van der Waals surface area (Å²) < 4.78 is 29.3. The normalized spacial score (nSPS) is 14.6. The first-order valence-corrected chi connectivity index (χ1v) is 15.1. The molecule has 1 aliphatic rings. The summed E-state index contributed by atoms with van der Waals surface area (Å²) in [7, 11) is -3.27. The first kappa shape index (κ1) is 32.0. The average Bonchev–Trinajstić information content (AvgIpc) is 3.50. The van der Waals surface area contributed by atoms with Crippen molar-refractivity contribution in [1.29, 1.82) is 0 Å². The van der Waals surface area contributed by atoms with E-state index in [1.54, 1.807) is 24.2 Å². The molecule has 1 aromatic carbocycles. The van der Waals surface area contributed by atoms with Crippen LogP contribution in [-0.2, 0) is 16.6 Å². The number of pyridine rings is 1. The van der Waals surface area contributed by atoms with Crippen LogP contribution in [0.15, 0.2) is 42.6 Å². The van der Waals surface area contributed by atoms with Gasteiger partial charge in [-0.1, -0.05) is 41.8 Å². The summed E-state index contributed by atoms with van der Waals surface area (Å²) in [5.74, 6) is 0. The molecule has 0 aliphatic carbocycles. The Morgan fingerprint density at radius 3 is 2.52 bits per heavy atom. The molecule has 1 fully saturated rings. The highest BCUT2D eigenvalue weighted by atomic mass is 35.5. The quantitative estimate of drug-likeness (QED) is 0.235. The average molecular weight is 644 g/mol. The van der Waals surface area contributed by atoms with Crippen LogP contribution in [0.3, 0.4) is 0 Å². The number of thiocarbonyl (C=S) groups is 1. The minimum absolute atomic E-state index is 0. The lowest BCUT2D eigenvalue weighted by Gasteiger charge is -2.33. The lowest BCUT2D eigenvalue weighted by molar-refractivity contribution is 0.276. The van der Waals surface area contributed by atoms with E-state index in [2.05, 4.69) is 44.5 Å². The maximum Gasteiger partial charge on any atom is 0.216 e. The molecule has 40 heavy (non-hydrogen) atoms. The summed E-state index contributed by atoms with van der Waals surface area (Å²) in [6.45, 7) is 5.01. The maximum absolute atomic E-state index is 12.7. The highest BCUT2D eigenvalue weighted by Gasteiger charge is 2.31. The third kappa shape index (κ3) is 6.50. The number of hydrogen-bond donors (Lipinski definition) is 3. The Kier molecular flexibility index (Phi) is 10.4. The van der Waals surface area contributed by atoms with E-state index in [4.69, 9.17) is 28.7 Å². The zero-order valence-electron chi connectivity index (χ0n) is 22.0. The van der Waals surface area contributed by atoms with Crippen molar-refractivity contribution >= 4 is 84.5 Å². The number of fused-ring (bicyclic) bond motifs is 1. The molecular formula is C25H32Cl2N8O2S3. The van der Waals surface area contributed by atoms with Gasteiger partial charge in [-0.05, 0) is 50.5 Å². The number of anilines is 2. The molecule has 1 aliphatic heterocycles. The van der Waals surface area contributed by atoms with E-state index in [9.17, 15) is 8.42 Å². The van der Waals surface area contributed by atoms with Crippen LogP contribution in [0.1, 0.15) is 44.0 Å². The van der Waals surface area contributed by atoms with Gasteiger partial charge in [0.1, 0.15) is 4.99 Å². The van der Waals surface area contributed by atoms with Crippen LogP contribution in [0.4, 0.5) is 10.3 Å². The summed E-state index contributed by atoms with van der Waals surface area (Å²) >= 11 is 6.46. The fraction of sp³-hybridized carbons (Fsp3) is 0.360. The van der Waals surface area contributed by atoms with Crippen molar-refractivity contribution < 1.29 is 8.42 Å². The summed E-state index contributed by atoms with van der Waals surface area (Å²) in [5, 5.41) is 12.9. The minimum atomic E-state index is -3.27. The number of hydrogen-bond acceptors (Lipinski definition) is 9. The van der Waals surface area contributed by atoms with Crippen LogP contribution < -0.4 is 16.8 Å². The number of rotatable bonds is 8. The molecular weight excluding hydrogens is 611 g/mol. The van der Waals surface area contributed by atoms with E-state index in [1.807, 2.05) is 12.1 Å². The molecule has 0 spiro atoms. The maximum atomic E-state index is 12.7. The van der Waals surface area contributed by atoms with Gasteiger partial charge in [0.25, 0.3) is 0 Å². The van der Waals surface area contributed by atoms with Crippen LogP contribution in [0.2, 0.25) is 0 Å². The van der Waals surface area contributed by atoms with Crippen LogP contribution in [-0.4, -0.2) is 55.8 Å². The zero-order valence-corrected chi connectivity index (χ0v) is 26.1. The molecule has 0 unspecified atom stereocenters. The first-order chi connectivity index (χ1) is 18.1. The number of nitrogen functional groups attached to an aromatic ring is 1. The molecule has 5 N–H and O–H groups in total. The van der Waals surface area contributed by atoms with Crippen molar-refractivity contribution in [2.24, 2.45) is 5.73 Å². The Labute approximate surface area is 255 Å². The Morgan fingerprint density at radius 2 is 1.90 bits per heavy atom. The lowest BCUT2D eigenvalue weighted by Crippen LogP contribution is -2.42. The molecule has 0 bridgehead atoms. The van der Waals surface area contributed by atoms with Gasteiger partial charge in [0.2, 0.25) is 20.3 Å². The number of sulfonamides is 1. The van der Waals surface area contributed by atoms with E-state index in [0.29, 0.717) is 35.6 Å². The smallest absolute Gasteiger partial charge is 0.216 e.